The third kappa shape index (κ3) is 10.1. The monoisotopic (exact) mass is 635 g/mol. The Kier molecular flexibility index (Phi) is 12.0. The molecule has 224 valence electrons. The second kappa shape index (κ2) is 14.1. The van der Waals surface area contributed by atoms with E-state index in [-0.39, 0.29) is 12.5 Å². The highest BCUT2D eigenvalue weighted by molar-refractivity contribution is 7.98. The molecule has 20 heteroatoms. The first-order valence-corrected chi connectivity index (χ1v) is 17.6. The van der Waals surface area contributed by atoms with Gasteiger partial charge in [-0.2, -0.15) is 16.7 Å². The molecule has 1 saturated carbocycles. The normalized spacial score (nSPS) is 29.0. The molecular weight excluding hydrogens is 605 g/mol. The summed E-state index contributed by atoms with van der Waals surface area (Å²) in [7, 11) is -17.3. The molecule has 0 spiro atoms. The average molecular weight is 635 g/mol. The Morgan fingerprint density at radius 1 is 1.03 bits per heavy atom. The lowest BCUT2D eigenvalue weighted by Gasteiger charge is -2.35. The van der Waals surface area contributed by atoms with E-state index in [4.69, 9.17) is 4.74 Å². The van der Waals surface area contributed by atoms with Crippen molar-refractivity contribution in [3.8, 4) is 0 Å². The topological polar surface area (TPSA) is 242 Å². The van der Waals surface area contributed by atoms with Gasteiger partial charge in [0.1, 0.15) is 18.3 Å². The van der Waals surface area contributed by atoms with Crippen LogP contribution in [0.5, 0.6) is 0 Å². The lowest BCUT2D eigenvalue weighted by molar-refractivity contribution is -0.252. The highest BCUT2D eigenvalue weighted by atomic mass is 32.2. The van der Waals surface area contributed by atoms with Crippen LogP contribution in [0.4, 0.5) is 0 Å². The van der Waals surface area contributed by atoms with Crippen LogP contribution in [0.3, 0.4) is 0 Å². The molecule has 2 aliphatic rings. The van der Waals surface area contributed by atoms with Crippen LogP contribution >= 0.6 is 35.2 Å². The smallest absolute Gasteiger partial charge is 0.350 e. The molecule has 0 bridgehead atoms. The van der Waals surface area contributed by atoms with Crippen molar-refractivity contribution in [1.82, 2.24) is 9.55 Å². The summed E-state index contributed by atoms with van der Waals surface area (Å²) in [5, 5.41) is 20.5. The van der Waals surface area contributed by atoms with Crippen molar-refractivity contribution >= 4 is 35.2 Å². The Balaban J connectivity index is 1.54. The number of phosphoric ester groups is 2. The van der Waals surface area contributed by atoms with E-state index < -0.39 is 60.3 Å². The fraction of sp³-hybridized carbons (Fsp3) is 0.789. The third-order valence-electron chi connectivity index (χ3n) is 5.94. The molecule has 0 amide bonds. The molecule has 3 rings (SSSR count). The Morgan fingerprint density at radius 2 is 1.64 bits per heavy atom. The largest absolute Gasteiger partial charge is 0.756 e. The number of thioether (sulfide) groups is 1. The molecule has 1 aromatic rings. The molecule has 0 aromatic carbocycles. The SMILES string of the molecule is CCSCc1ccn([C@@H]2O[C@H](COP(=O)([O-])OP(=O)([O-])OP(=O)([O-])OCC3CCCCC3)[C@H](O)C2O)c(=O)n1. The summed E-state index contributed by atoms with van der Waals surface area (Å²) < 4.78 is 58.6. The lowest BCUT2D eigenvalue weighted by atomic mass is 9.90. The van der Waals surface area contributed by atoms with Gasteiger partial charge in [0.2, 0.25) is 0 Å². The summed E-state index contributed by atoms with van der Waals surface area (Å²) >= 11 is 1.53. The van der Waals surface area contributed by atoms with Crippen LogP contribution in [-0.4, -0.2) is 57.0 Å². The van der Waals surface area contributed by atoms with Crippen molar-refractivity contribution in [3.63, 3.8) is 0 Å². The van der Waals surface area contributed by atoms with Gasteiger partial charge in [-0.3, -0.25) is 18.3 Å². The van der Waals surface area contributed by atoms with Crippen molar-refractivity contribution in [3.05, 3.63) is 28.4 Å². The number of aromatic nitrogens is 2. The first-order valence-electron chi connectivity index (χ1n) is 12.0. The number of hydrogen-bond donors (Lipinski definition) is 2. The van der Waals surface area contributed by atoms with Crippen molar-refractivity contribution in [2.45, 2.75) is 69.3 Å². The van der Waals surface area contributed by atoms with Crippen LogP contribution in [0.25, 0.3) is 0 Å². The zero-order valence-corrected chi connectivity index (χ0v) is 24.3. The van der Waals surface area contributed by atoms with Crippen LogP contribution in [0, 0.1) is 5.92 Å². The zero-order chi connectivity index (χ0) is 28.8. The van der Waals surface area contributed by atoms with Gasteiger partial charge in [0.25, 0.3) is 23.5 Å². The Morgan fingerprint density at radius 3 is 2.23 bits per heavy atom. The van der Waals surface area contributed by atoms with Crippen LogP contribution in [0.15, 0.2) is 17.1 Å². The van der Waals surface area contributed by atoms with Gasteiger partial charge in [-0.05, 0) is 30.6 Å². The van der Waals surface area contributed by atoms with E-state index in [1.165, 1.54) is 24.0 Å². The number of hydrogen-bond acceptors (Lipinski definition) is 16. The van der Waals surface area contributed by atoms with Gasteiger partial charge < -0.3 is 38.7 Å². The summed E-state index contributed by atoms with van der Waals surface area (Å²) in [6, 6.07) is 1.51. The highest BCUT2D eigenvalue weighted by Gasteiger charge is 2.45. The molecule has 1 aromatic heterocycles. The zero-order valence-electron chi connectivity index (χ0n) is 20.8. The maximum atomic E-state index is 12.4. The van der Waals surface area contributed by atoms with Crippen LogP contribution in [0.1, 0.15) is 50.9 Å². The summed E-state index contributed by atoms with van der Waals surface area (Å²) in [6.45, 7) is 0.546. The van der Waals surface area contributed by atoms with Crippen molar-refractivity contribution < 1.29 is 61.0 Å². The molecule has 2 heterocycles. The van der Waals surface area contributed by atoms with Gasteiger partial charge >= 0.3 is 5.69 Å². The molecule has 1 aliphatic heterocycles. The minimum atomic E-state index is -6.03. The van der Waals surface area contributed by atoms with Gasteiger partial charge in [0, 0.05) is 11.9 Å². The first-order chi connectivity index (χ1) is 18.2. The third-order valence-corrected chi connectivity index (χ3v) is 11.0. The van der Waals surface area contributed by atoms with Gasteiger partial charge in [0.05, 0.1) is 18.9 Å². The average Bonchev–Trinajstić information content (AvgIpc) is 3.13. The molecule has 16 nitrogen and oxygen atoms in total. The number of phosphoric acid groups is 3. The van der Waals surface area contributed by atoms with Gasteiger partial charge in [-0.1, -0.05) is 26.2 Å². The minimum absolute atomic E-state index is 0.118. The van der Waals surface area contributed by atoms with Crippen molar-refractivity contribution in [1.29, 1.82) is 0 Å². The maximum Gasteiger partial charge on any atom is 0.350 e. The van der Waals surface area contributed by atoms with Gasteiger partial charge in [-0.25, -0.2) is 13.4 Å². The minimum Gasteiger partial charge on any atom is -0.756 e. The second-order valence-corrected chi connectivity index (χ2v) is 14.7. The standard InChI is InChI=1S/C19H33N2O14P3S/c1-2-39-12-14-8-9-21(19(24)20-14)18-17(23)16(22)15(33-18)11-32-37(27,28)35-38(29,30)34-36(25,26)31-10-13-6-4-3-5-7-13/h8-9,13,15-18,22-23H,2-7,10-12H2,1H3,(H,25,26)(H,27,28)(H,29,30)/p-3/t15-,16+,17?,18-/m1/s1. The van der Waals surface area contributed by atoms with E-state index in [1.54, 1.807) is 0 Å². The van der Waals surface area contributed by atoms with Gasteiger partial charge in [0.15, 0.2) is 6.23 Å². The number of nitrogens with zero attached hydrogens (tertiary/aromatic N) is 2. The van der Waals surface area contributed by atoms with Crippen LogP contribution < -0.4 is 20.4 Å². The molecule has 2 fully saturated rings. The van der Waals surface area contributed by atoms with Crippen LogP contribution in [0.2, 0.25) is 0 Å². The van der Waals surface area contributed by atoms with E-state index in [1.807, 2.05) is 6.92 Å². The van der Waals surface area contributed by atoms with E-state index in [2.05, 4.69) is 22.7 Å². The quantitative estimate of drug-likeness (QED) is 0.259. The number of rotatable bonds is 14. The molecule has 7 atom stereocenters. The molecular formula is C19H30N2O14P3S-3. The Hall–Kier alpha value is -0.480. The van der Waals surface area contributed by atoms with Crippen molar-refractivity contribution in [2.24, 2.45) is 5.92 Å². The predicted octanol–water partition coefficient (Wildman–Crippen LogP) is 0.168. The van der Waals surface area contributed by atoms with E-state index in [0.717, 1.165) is 29.6 Å². The van der Waals surface area contributed by atoms with E-state index in [9.17, 15) is 43.4 Å². The summed E-state index contributed by atoms with van der Waals surface area (Å²) in [4.78, 5) is 52.0. The van der Waals surface area contributed by atoms with Gasteiger partial charge in [-0.15, -0.1) is 0 Å². The molecule has 2 N–H and O–H groups in total. The van der Waals surface area contributed by atoms with E-state index in [0.29, 0.717) is 24.3 Å². The van der Waals surface area contributed by atoms with Crippen molar-refractivity contribution in [2.75, 3.05) is 19.0 Å². The highest BCUT2D eigenvalue weighted by Crippen LogP contribution is 2.63. The number of aliphatic hydroxyl groups is 2. The van der Waals surface area contributed by atoms with E-state index >= 15 is 0 Å². The molecule has 1 aliphatic carbocycles. The molecule has 4 unspecified atom stereocenters. The fourth-order valence-electron chi connectivity index (χ4n) is 4.05. The Labute approximate surface area is 228 Å². The molecule has 0 radical (unpaired) electrons. The maximum absolute atomic E-state index is 12.4. The molecule has 39 heavy (non-hydrogen) atoms. The lowest BCUT2D eigenvalue weighted by Crippen LogP contribution is -2.36. The fourth-order valence-corrected chi connectivity index (χ4v) is 8.07. The summed E-state index contributed by atoms with van der Waals surface area (Å²) in [5.41, 5.74) is -0.316. The second-order valence-electron chi connectivity index (χ2n) is 8.89. The number of ether oxygens (including phenoxy) is 1. The summed E-state index contributed by atoms with van der Waals surface area (Å²) in [5.74, 6) is 1.15. The Bertz CT molecular complexity index is 1160. The molecule has 1 saturated heterocycles. The van der Waals surface area contributed by atoms with Crippen LogP contribution in [-0.2, 0) is 41.9 Å². The number of aliphatic hydroxyl groups excluding tert-OH is 2. The summed E-state index contributed by atoms with van der Waals surface area (Å²) in [6.07, 6.45) is -1.10. The predicted molar refractivity (Wildman–Crippen MR) is 130 cm³/mol. The first kappa shape index (κ1) is 33.0.